The Bertz CT molecular complexity index is 845. The van der Waals surface area contributed by atoms with Crippen LogP contribution in [-0.4, -0.2) is 48.2 Å². The molecule has 1 unspecified atom stereocenters. The second kappa shape index (κ2) is 8.63. The van der Waals surface area contributed by atoms with E-state index in [0.29, 0.717) is 19.0 Å². The maximum atomic E-state index is 12.9. The molecule has 154 valence electrons. The number of nitrogens with zero attached hydrogens (tertiary/aromatic N) is 4. The fourth-order valence-corrected chi connectivity index (χ4v) is 4.19. The van der Waals surface area contributed by atoms with E-state index in [-0.39, 0.29) is 29.9 Å². The van der Waals surface area contributed by atoms with Gasteiger partial charge in [0.15, 0.2) is 0 Å². The number of ether oxygens (including phenoxy) is 2. The Kier molecular flexibility index (Phi) is 5.78. The summed E-state index contributed by atoms with van der Waals surface area (Å²) in [5.41, 5.74) is 2.63. The Balaban J connectivity index is 1.37. The van der Waals surface area contributed by atoms with E-state index >= 15 is 0 Å². The lowest BCUT2D eigenvalue weighted by molar-refractivity contribution is -0.126. The number of methoxy groups -OCH3 is 2. The van der Waals surface area contributed by atoms with Gasteiger partial charge in [0, 0.05) is 19.0 Å². The zero-order chi connectivity index (χ0) is 20.2. The lowest BCUT2D eigenvalue weighted by Gasteiger charge is -2.33. The monoisotopic (exact) mass is 397 g/mol. The third kappa shape index (κ3) is 4.26. The molecule has 1 fully saturated rings. The molecule has 29 heavy (non-hydrogen) atoms. The molecule has 2 aromatic rings. The summed E-state index contributed by atoms with van der Waals surface area (Å²) in [4.78, 5) is 27.6. The lowest BCUT2D eigenvalue weighted by Crippen LogP contribution is -2.42. The molecule has 1 aromatic carbocycles. The van der Waals surface area contributed by atoms with E-state index in [2.05, 4.69) is 44.5 Å². The van der Waals surface area contributed by atoms with Crippen LogP contribution in [0.3, 0.4) is 0 Å². The Hall–Kier alpha value is -2.90. The molecule has 2 aliphatic rings. The van der Waals surface area contributed by atoms with Gasteiger partial charge in [-0.25, -0.2) is 0 Å². The molecule has 1 amide bonds. The second-order valence-electron chi connectivity index (χ2n) is 7.52. The molecular weight excluding hydrogens is 370 g/mol. The van der Waals surface area contributed by atoms with Crippen LogP contribution in [0.1, 0.15) is 42.9 Å². The van der Waals surface area contributed by atoms with E-state index in [1.54, 1.807) is 0 Å². The Morgan fingerprint density at radius 2 is 1.72 bits per heavy atom. The van der Waals surface area contributed by atoms with E-state index in [1.807, 2.05) is 4.90 Å². The van der Waals surface area contributed by atoms with Crippen molar-refractivity contribution < 1.29 is 14.3 Å². The maximum Gasteiger partial charge on any atom is 0.324 e. The van der Waals surface area contributed by atoms with Gasteiger partial charge in [0.25, 0.3) is 0 Å². The van der Waals surface area contributed by atoms with Crippen molar-refractivity contribution in [3.8, 4) is 12.0 Å². The van der Waals surface area contributed by atoms with Gasteiger partial charge in [-0.2, -0.15) is 9.97 Å². The third-order valence-electron chi connectivity index (χ3n) is 5.78. The largest absolute Gasteiger partial charge is 0.467 e. The maximum absolute atomic E-state index is 12.9. The number of amides is 1. The molecule has 2 heterocycles. The van der Waals surface area contributed by atoms with Crippen molar-refractivity contribution in [2.45, 2.75) is 38.1 Å². The summed E-state index contributed by atoms with van der Waals surface area (Å²) < 4.78 is 10.3. The van der Waals surface area contributed by atoms with Gasteiger partial charge >= 0.3 is 12.0 Å². The Morgan fingerprint density at radius 3 is 2.41 bits per heavy atom. The van der Waals surface area contributed by atoms with Crippen LogP contribution in [-0.2, 0) is 11.2 Å². The fraction of sp³-hybridized carbons (Fsp3) is 0.524. The SMILES string of the molecule is COc1nc(OC)nc(N2CCC(C(=O)NC3CCCc4ccccc43)CC2)n1. The molecule has 1 aliphatic carbocycles. The van der Waals surface area contributed by atoms with Gasteiger partial charge in [-0.3, -0.25) is 4.79 Å². The van der Waals surface area contributed by atoms with Gasteiger partial charge in [-0.05, 0) is 43.2 Å². The predicted molar refractivity (Wildman–Crippen MR) is 108 cm³/mol. The van der Waals surface area contributed by atoms with Crippen LogP contribution in [0.25, 0.3) is 0 Å². The predicted octanol–water partition coefficient (Wildman–Crippen LogP) is 2.30. The molecule has 1 saturated heterocycles. The van der Waals surface area contributed by atoms with Crippen LogP contribution in [0.5, 0.6) is 12.0 Å². The molecule has 1 atom stereocenters. The van der Waals surface area contributed by atoms with Crippen LogP contribution >= 0.6 is 0 Å². The molecule has 1 aliphatic heterocycles. The summed E-state index contributed by atoms with van der Waals surface area (Å²) in [5, 5.41) is 3.30. The highest BCUT2D eigenvalue weighted by molar-refractivity contribution is 5.79. The minimum Gasteiger partial charge on any atom is -0.467 e. The number of piperidine rings is 1. The zero-order valence-corrected chi connectivity index (χ0v) is 16.9. The molecular formula is C21H27N5O3. The first-order valence-electron chi connectivity index (χ1n) is 10.1. The Labute approximate surface area is 170 Å². The topological polar surface area (TPSA) is 89.5 Å². The van der Waals surface area contributed by atoms with E-state index in [0.717, 1.165) is 32.1 Å². The van der Waals surface area contributed by atoms with Gasteiger partial charge in [0.2, 0.25) is 11.9 Å². The number of fused-ring (bicyclic) bond motifs is 1. The highest BCUT2D eigenvalue weighted by atomic mass is 16.5. The molecule has 0 radical (unpaired) electrons. The first kappa shape index (κ1) is 19.4. The normalized spacial score (nSPS) is 19.4. The standard InChI is InChI=1S/C21H27N5O3/c1-28-20-23-19(24-21(25-20)29-2)26-12-10-15(11-13-26)18(27)22-17-9-5-7-14-6-3-4-8-16(14)17/h3-4,6,8,15,17H,5,7,9-13H2,1-2H3,(H,22,27). The second-order valence-corrected chi connectivity index (χ2v) is 7.52. The first-order chi connectivity index (χ1) is 14.2. The van der Waals surface area contributed by atoms with Crippen molar-refractivity contribution in [1.29, 1.82) is 0 Å². The quantitative estimate of drug-likeness (QED) is 0.828. The molecule has 0 bridgehead atoms. The van der Waals surface area contributed by atoms with Crippen LogP contribution in [0, 0.1) is 5.92 Å². The summed E-state index contributed by atoms with van der Waals surface area (Å²) in [5.74, 6) is 0.678. The van der Waals surface area contributed by atoms with Crippen LogP contribution < -0.4 is 19.7 Å². The van der Waals surface area contributed by atoms with Crippen molar-refractivity contribution in [1.82, 2.24) is 20.3 Å². The van der Waals surface area contributed by atoms with Crippen LogP contribution in [0.15, 0.2) is 24.3 Å². The number of aryl methyl sites for hydroxylation is 1. The average Bonchev–Trinajstić information content (AvgIpc) is 2.79. The van der Waals surface area contributed by atoms with E-state index in [4.69, 9.17) is 9.47 Å². The minimum absolute atomic E-state index is 0.00553. The van der Waals surface area contributed by atoms with Gasteiger partial charge < -0.3 is 19.7 Å². The molecule has 0 saturated carbocycles. The fourth-order valence-electron chi connectivity index (χ4n) is 4.19. The third-order valence-corrected chi connectivity index (χ3v) is 5.78. The van der Waals surface area contributed by atoms with E-state index in [9.17, 15) is 4.79 Å². The molecule has 4 rings (SSSR count). The summed E-state index contributed by atoms with van der Waals surface area (Å²) in [6, 6.07) is 9.02. The summed E-state index contributed by atoms with van der Waals surface area (Å²) in [7, 11) is 3.02. The smallest absolute Gasteiger partial charge is 0.324 e. The van der Waals surface area contributed by atoms with Crippen LogP contribution in [0.2, 0.25) is 0 Å². The summed E-state index contributed by atoms with van der Waals surface area (Å²) in [6.45, 7) is 1.41. The molecule has 0 spiro atoms. The van der Waals surface area contributed by atoms with Gasteiger partial charge in [-0.1, -0.05) is 24.3 Å². The number of hydrogen-bond donors (Lipinski definition) is 1. The molecule has 1 aromatic heterocycles. The average molecular weight is 397 g/mol. The number of benzene rings is 1. The lowest BCUT2D eigenvalue weighted by atomic mass is 9.87. The van der Waals surface area contributed by atoms with Crippen molar-refractivity contribution in [2.24, 2.45) is 5.92 Å². The number of aromatic nitrogens is 3. The number of carbonyl (C=O) groups is 1. The van der Waals surface area contributed by atoms with Gasteiger partial charge in [0.05, 0.1) is 20.3 Å². The number of anilines is 1. The van der Waals surface area contributed by atoms with Gasteiger partial charge in [-0.15, -0.1) is 4.98 Å². The zero-order valence-electron chi connectivity index (χ0n) is 16.9. The molecule has 8 nitrogen and oxygen atoms in total. The summed E-state index contributed by atoms with van der Waals surface area (Å²) in [6.07, 6.45) is 4.74. The molecule has 1 N–H and O–H groups in total. The Morgan fingerprint density at radius 1 is 1.03 bits per heavy atom. The number of nitrogens with one attached hydrogen (secondary N) is 1. The van der Waals surface area contributed by atoms with Crippen molar-refractivity contribution >= 4 is 11.9 Å². The first-order valence-corrected chi connectivity index (χ1v) is 10.1. The number of carbonyl (C=O) groups excluding carboxylic acids is 1. The van der Waals surface area contributed by atoms with E-state index < -0.39 is 0 Å². The minimum atomic E-state index is 0.00553. The van der Waals surface area contributed by atoms with Crippen molar-refractivity contribution in [3.63, 3.8) is 0 Å². The van der Waals surface area contributed by atoms with Gasteiger partial charge in [0.1, 0.15) is 0 Å². The highest BCUT2D eigenvalue weighted by Crippen LogP contribution is 2.30. The van der Waals surface area contributed by atoms with E-state index in [1.165, 1.54) is 25.3 Å². The number of hydrogen-bond acceptors (Lipinski definition) is 7. The van der Waals surface area contributed by atoms with Crippen molar-refractivity contribution in [2.75, 3.05) is 32.2 Å². The summed E-state index contributed by atoms with van der Waals surface area (Å²) >= 11 is 0. The van der Waals surface area contributed by atoms with Crippen LogP contribution in [0.4, 0.5) is 5.95 Å². The highest BCUT2D eigenvalue weighted by Gasteiger charge is 2.29. The molecule has 8 heteroatoms. The van der Waals surface area contributed by atoms with Crippen molar-refractivity contribution in [3.05, 3.63) is 35.4 Å². The number of rotatable bonds is 5.